The lowest BCUT2D eigenvalue weighted by Gasteiger charge is -2.24. The molecule has 0 radical (unpaired) electrons. The van der Waals surface area contributed by atoms with Gasteiger partial charge in [0.2, 0.25) is 0 Å². The third-order valence-electron chi connectivity index (χ3n) is 6.82. The molecule has 5 heteroatoms. The molecule has 3 aromatic rings. The minimum absolute atomic E-state index is 0.254. The lowest BCUT2D eigenvalue weighted by molar-refractivity contribution is -0.136. The quantitative estimate of drug-likeness (QED) is 0.482. The van der Waals surface area contributed by atoms with Gasteiger partial charge < -0.3 is 10.0 Å². The lowest BCUT2D eigenvalue weighted by atomic mass is 9.84. The van der Waals surface area contributed by atoms with Crippen LogP contribution in [0.3, 0.4) is 0 Å². The van der Waals surface area contributed by atoms with Crippen molar-refractivity contribution >= 4 is 29.0 Å². The molecule has 1 heterocycles. The van der Waals surface area contributed by atoms with Crippen LogP contribution in [0.5, 0.6) is 0 Å². The molecule has 0 saturated heterocycles. The molecule has 3 aromatic carbocycles. The number of aryl methyl sites for hydroxylation is 3. The Bertz CT molecular complexity index is 1250. The fraction of sp³-hybridized carbons (Fsp3) is 0.286. The van der Waals surface area contributed by atoms with Crippen LogP contribution in [0.25, 0.3) is 0 Å². The zero-order chi connectivity index (χ0) is 24.1. The molecule has 33 heavy (non-hydrogen) atoms. The van der Waals surface area contributed by atoms with Gasteiger partial charge in [0, 0.05) is 16.1 Å². The van der Waals surface area contributed by atoms with E-state index in [0.29, 0.717) is 28.4 Å². The molecule has 0 unspecified atom stereocenters. The molecule has 0 saturated carbocycles. The van der Waals surface area contributed by atoms with Crippen LogP contribution in [0.1, 0.15) is 55.7 Å². The van der Waals surface area contributed by atoms with Crippen LogP contribution in [0.4, 0.5) is 5.69 Å². The second-order valence-electron chi connectivity index (χ2n) is 9.13. The normalized spacial score (nSPS) is 17.4. The Kier molecular flexibility index (Phi) is 5.94. The van der Waals surface area contributed by atoms with Crippen LogP contribution in [0.2, 0.25) is 5.02 Å². The summed E-state index contributed by atoms with van der Waals surface area (Å²) in [6.45, 7) is 10.0. The molecule has 4 rings (SSSR count). The highest BCUT2D eigenvalue weighted by molar-refractivity contribution is 6.31. The van der Waals surface area contributed by atoms with Gasteiger partial charge in [0.25, 0.3) is 5.91 Å². The number of nitrogens with zero attached hydrogens (tertiary/aromatic N) is 1. The topological polar surface area (TPSA) is 57.6 Å². The second-order valence-corrected chi connectivity index (χ2v) is 9.57. The number of halogens is 1. The standard InChI is InChI=1S/C28H28ClNO3/c1-16-6-8-21(9-7-16)15-30-24-11-10-22(29)13-23(24)28(33,27(30)32)14-25(31)26-19(4)17(2)12-18(3)20(26)5/h6-13,33H,14-15H2,1-5H3/t28-/m0/s1. The number of aliphatic hydroxyl groups is 1. The molecule has 4 nitrogen and oxygen atoms in total. The monoisotopic (exact) mass is 461 g/mol. The number of hydrogen-bond donors (Lipinski definition) is 1. The Labute approximate surface area is 199 Å². The van der Waals surface area contributed by atoms with E-state index < -0.39 is 11.5 Å². The highest BCUT2D eigenvalue weighted by Crippen LogP contribution is 2.45. The smallest absolute Gasteiger partial charge is 0.264 e. The molecule has 0 aliphatic carbocycles. The summed E-state index contributed by atoms with van der Waals surface area (Å²) in [7, 11) is 0. The maximum Gasteiger partial charge on any atom is 0.264 e. The number of hydrogen-bond acceptors (Lipinski definition) is 3. The summed E-state index contributed by atoms with van der Waals surface area (Å²) < 4.78 is 0. The number of carbonyl (C=O) groups excluding carboxylic acids is 2. The minimum atomic E-state index is -1.97. The first-order valence-corrected chi connectivity index (χ1v) is 11.4. The molecule has 1 aliphatic rings. The van der Waals surface area contributed by atoms with E-state index in [9.17, 15) is 14.7 Å². The van der Waals surface area contributed by atoms with Crippen LogP contribution >= 0.6 is 11.6 Å². The molecule has 1 aliphatic heterocycles. The number of ketones is 1. The van der Waals surface area contributed by atoms with Gasteiger partial charge >= 0.3 is 0 Å². The van der Waals surface area contributed by atoms with Crippen molar-refractivity contribution in [2.24, 2.45) is 0 Å². The number of Topliss-reactive ketones (excluding diaryl/α,β-unsaturated/α-hetero) is 1. The summed E-state index contributed by atoms with van der Waals surface area (Å²) in [6, 6.07) is 15.0. The average molecular weight is 462 g/mol. The zero-order valence-corrected chi connectivity index (χ0v) is 20.4. The summed E-state index contributed by atoms with van der Waals surface area (Å²) in [6.07, 6.45) is -0.339. The Hall–Kier alpha value is -2.95. The first-order chi connectivity index (χ1) is 15.5. The van der Waals surface area contributed by atoms with Crippen LogP contribution in [-0.2, 0) is 16.9 Å². The lowest BCUT2D eigenvalue weighted by Crippen LogP contribution is -2.41. The molecule has 0 aromatic heterocycles. The van der Waals surface area contributed by atoms with E-state index in [2.05, 4.69) is 6.07 Å². The van der Waals surface area contributed by atoms with Crippen molar-refractivity contribution in [3.8, 4) is 0 Å². The van der Waals surface area contributed by atoms with Crippen molar-refractivity contribution in [3.63, 3.8) is 0 Å². The number of carbonyl (C=O) groups is 2. The van der Waals surface area contributed by atoms with Crippen LogP contribution < -0.4 is 4.90 Å². The maximum absolute atomic E-state index is 13.6. The molecular formula is C28H28ClNO3. The van der Waals surface area contributed by atoms with Crippen molar-refractivity contribution in [2.75, 3.05) is 4.90 Å². The fourth-order valence-electron chi connectivity index (χ4n) is 4.68. The van der Waals surface area contributed by atoms with Gasteiger partial charge in [0.1, 0.15) is 0 Å². The molecule has 170 valence electrons. The first-order valence-electron chi connectivity index (χ1n) is 11.0. The Morgan fingerprint density at radius 3 is 2.15 bits per heavy atom. The summed E-state index contributed by atoms with van der Waals surface area (Å²) in [5.74, 6) is -0.760. The minimum Gasteiger partial charge on any atom is -0.375 e. The van der Waals surface area contributed by atoms with Gasteiger partial charge in [0.05, 0.1) is 18.7 Å². The third kappa shape index (κ3) is 3.98. The van der Waals surface area contributed by atoms with E-state index in [1.807, 2.05) is 58.9 Å². The molecule has 0 bridgehead atoms. The van der Waals surface area contributed by atoms with Crippen LogP contribution in [0.15, 0.2) is 48.5 Å². The summed E-state index contributed by atoms with van der Waals surface area (Å²) in [5, 5.41) is 12.1. The zero-order valence-electron chi connectivity index (χ0n) is 19.6. The average Bonchev–Trinajstić information content (AvgIpc) is 2.95. The summed E-state index contributed by atoms with van der Waals surface area (Å²) >= 11 is 6.24. The Balaban J connectivity index is 1.75. The predicted octanol–water partition coefficient (Wildman–Crippen LogP) is 5.89. The van der Waals surface area contributed by atoms with Crippen LogP contribution in [0, 0.1) is 34.6 Å². The number of rotatable bonds is 5. The van der Waals surface area contributed by atoms with Gasteiger partial charge in [-0.3, -0.25) is 9.59 Å². The SMILES string of the molecule is Cc1ccc(CN2C(=O)[C@](O)(CC(=O)c3c(C)c(C)cc(C)c3C)c3cc(Cl)ccc32)cc1. The number of fused-ring (bicyclic) bond motifs is 1. The van der Waals surface area contributed by atoms with Crippen molar-refractivity contribution < 1.29 is 14.7 Å². The molecular weight excluding hydrogens is 434 g/mol. The molecule has 0 fully saturated rings. The van der Waals surface area contributed by atoms with Gasteiger partial charge in [-0.15, -0.1) is 0 Å². The molecule has 0 spiro atoms. The fourth-order valence-corrected chi connectivity index (χ4v) is 4.85. The number of anilines is 1. The van der Waals surface area contributed by atoms with Crippen molar-refractivity contribution in [2.45, 2.75) is 53.2 Å². The van der Waals surface area contributed by atoms with Gasteiger partial charge in [0.15, 0.2) is 11.4 Å². The van der Waals surface area contributed by atoms with E-state index in [0.717, 1.165) is 33.4 Å². The Morgan fingerprint density at radius 1 is 0.939 bits per heavy atom. The van der Waals surface area contributed by atoms with Crippen molar-refractivity contribution in [3.05, 3.63) is 98.1 Å². The highest BCUT2D eigenvalue weighted by Gasteiger charge is 2.51. The molecule has 1 N–H and O–H groups in total. The molecule has 1 amide bonds. The first kappa shape index (κ1) is 23.2. The van der Waals surface area contributed by atoms with Gasteiger partial charge in [-0.1, -0.05) is 47.5 Å². The highest BCUT2D eigenvalue weighted by atomic mass is 35.5. The number of benzene rings is 3. The van der Waals surface area contributed by atoms with E-state index in [1.54, 1.807) is 23.1 Å². The van der Waals surface area contributed by atoms with E-state index in [4.69, 9.17) is 11.6 Å². The van der Waals surface area contributed by atoms with E-state index in [-0.39, 0.29) is 12.2 Å². The summed E-state index contributed by atoms with van der Waals surface area (Å²) in [5.41, 5.74) is 5.39. The van der Waals surface area contributed by atoms with Gasteiger partial charge in [-0.25, -0.2) is 0 Å². The maximum atomic E-state index is 13.6. The van der Waals surface area contributed by atoms with Crippen molar-refractivity contribution in [1.29, 1.82) is 0 Å². The second kappa shape index (κ2) is 8.44. The third-order valence-corrected chi connectivity index (χ3v) is 7.05. The predicted molar refractivity (Wildman–Crippen MR) is 132 cm³/mol. The van der Waals surface area contributed by atoms with E-state index in [1.165, 1.54) is 0 Å². The van der Waals surface area contributed by atoms with E-state index >= 15 is 0 Å². The molecule has 1 atom stereocenters. The summed E-state index contributed by atoms with van der Waals surface area (Å²) in [4.78, 5) is 28.7. The van der Waals surface area contributed by atoms with Crippen LogP contribution in [-0.4, -0.2) is 16.8 Å². The van der Waals surface area contributed by atoms with Gasteiger partial charge in [-0.05, 0) is 80.6 Å². The largest absolute Gasteiger partial charge is 0.375 e. The van der Waals surface area contributed by atoms with Crippen molar-refractivity contribution in [1.82, 2.24) is 0 Å². The number of amides is 1. The van der Waals surface area contributed by atoms with Gasteiger partial charge in [-0.2, -0.15) is 0 Å². The Morgan fingerprint density at radius 2 is 1.55 bits per heavy atom.